The Morgan fingerprint density at radius 3 is 1.10 bits per heavy atom. The van der Waals surface area contributed by atoms with Gasteiger partial charge in [0.05, 0.1) is 0 Å². The molecule has 0 saturated carbocycles. The summed E-state index contributed by atoms with van der Waals surface area (Å²) in [6.07, 6.45) is 22.4. The minimum atomic E-state index is -2.90. The van der Waals surface area contributed by atoms with Gasteiger partial charge in [0.1, 0.15) is 0 Å². The summed E-state index contributed by atoms with van der Waals surface area (Å²) in [5.74, 6) is 0. The molecule has 0 heterocycles. The average Bonchev–Trinajstić information content (AvgIpc) is 2.71. The summed E-state index contributed by atoms with van der Waals surface area (Å²) < 4.78 is 22.4. The molecule has 0 aliphatic heterocycles. The minimum absolute atomic E-state index is 1.14. The van der Waals surface area contributed by atoms with E-state index in [0.717, 1.165) is 6.04 Å². The fourth-order valence-electron chi connectivity index (χ4n) is 3.86. The summed E-state index contributed by atoms with van der Waals surface area (Å²) in [6.45, 7) is 6.76. The van der Waals surface area contributed by atoms with Gasteiger partial charge in [0.15, 0.2) is 8.32 Å². The van der Waals surface area contributed by atoms with Crippen molar-refractivity contribution in [2.75, 3.05) is 21.3 Å². The summed E-state index contributed by atoms with van der Waals surface area (Å²) in [7, 11) is 0.105. The van der Waals surface area contributed by atoms with Gasteiger partial charge in [-0.05, 0) is 19.1 Å². The highest BCUT2D eigenvalue weighted by Gasteiger charge is 2.47. The van der Waals surface area contributed by atoms with Crippen LogP contribution in [-0.2, 0) is 17.4 Å². The first-order valence-electron chi connectivity index (χ1n) is 12.3. The Morgan fingerprint density at radius 1 is 0.483 bits per heavy atom. The fraction of sp³-hybridized carbons (Fsp3) is 1.00. The Hall–Kier alpha value is 0.274. The molecule has 0 saturated heterocycles. The Labute approximate surface area is 185 Å². The molecule has 0 spiro atoms. The van der Waals surface area contributed by atoms with Gasteiger partial charge in [-0.1, -0.05) is 110 Å². The van der Waals surface area contributed by atoms with E-state index < -0.39 is 17.4 Å². The average molecular weight is 449 g/mol. The largest absolute Gasteiger partial charge is 0.668 e. The van der Waals surface area contributed by atoms with Crippen LogP contribution in [0.1, 0.15) is 110 Å². The van der Waals surface area contributed by atoms with E-state index in [0.29, 0.717) is 0 Å². The lowest BCUT2D eigenvalue weighted by Crippen LogP contribution is -2.53. The normalized spacial score (nSPS) is 12.6. The molecule has 0 aromatic carbocycles. The molecule has 0 N–H and O–H groups in total. The van der Waals surface area contributed by atoms with Crippen LogP contribution >= 0.6 is 0 Å². The molecule has 176 valence electrons. The number of unbranched alkanes of at least 4 members (excludes halogenated alkanes) is 15. The Bertz CT molecular complexity index is 342. The molecule has 0 bridgehead atoms. The molecular formula is C23H52O4Si2. The first kappa shape index (κ1) is 29.3. The molecule has 0 aliphatic carbocycles. The third kappa shape index (κ3) is 16.6. The lowest BCUT2D eigenvalue weighted by Gasteiger charge is -2.32. The van der Waals surface area contributed by atoms with E-state index in [9.17, 15) is 0 Å². The molecule has 6 heteroatoms. The van der Waals surface area contributed by atoms with Crippen LogP contribution in [0.5, 0.6) is 0 Å². The summed E-state index contributed by atoms with van der Waals surface area (Å²) in [5.41, 5.74) is 0. The van der Waals surface area contributed by atoms with E-state index in [1.807, 2.05) is 0 Å². The molecule has 0 atom stereocenters. The maximum Gasteiger partial charge on any atom is 0.668 e. The van der Waals surface area contributed by atoms with Crippen LogP contribution in [0.15, 0.2) is 0 Å². The molecule has 0 rings (SSSR count). The Morgan fingerprint density at radius 2 is 0.793 bits per heavy atom. The van der Waals surface area contributed by atoms with Gasteiger partial charge in [-0.25, -0.2) is 0 Å². The standard InChI is InChI=1S/C23H52O4Si2/c1-7-8-9-10-11-12-13-14-15-16-17-18-19-20-21-22-23-28(5,6)27-29(24-2,25-3)26-4/h7-23H2,1-6H3. The lowest BCUT2D eigenvalue weighted by molar-refractivity contribution is 0.0478. The van der Waals surface area contributed by atoms with Crippen molar-refractivity contribution in [2.24, 2.45) is 0 Å². The number of hydrogen-bond donors (Lipinski definition) is 0. The zero-order chi connectivity index (χ0) is 21.8. The van der Waals surface area contributed by atoms with Crippen molar-refractivity contribution < 1.29 is 17.4 Å². The molecular weight excluding hydrogens is 396 g/mol. The van der Waals surface area contributed by atoms with Crippen LogP contribution in [0.2, 0.25) is 19.1 Å². The van der Waals surface area contributed by atoms with Gasteiger partial charge in [0, 0.05) is 21.3 Å². The first-order chi connectivity index (χ1) is 13.9. The quantitative estimate of drug-likeness (QED) is 0.125. The zero-order valence-corrected chi connectivity index (χ0v) is 22.7. The van der Waals surface area contributed by atoms with E-state index >= 15 is 0 Å². The van der Waals surface area contributed by atoms with Crippen LogP contribution in [0.4, 0.5) is 0 Å². The Kier molecular flexibility index (Phi) is 19.2. The highest BCUT2D eigenvalue weighted by atomic mass is 28.5. The van der Waals surface area contributed by atoms with Gasteiger partial charge < -0.3 is 17.4 Å². The van der Waals surface area contributed by atoms with Crippen LogP contribution in [0.3, 0.4) is 0 Å². The van der Waals surface area contributed by atoms with Crippen LogP contribution in [-0.4, -0.2) is 38.7 Å². The van der Waals surface area contributed by atoms with Crippen molar-refractivity contribution in [3.8, 4) is 0 Å². The molecule has 0 fully saturated rings. The topological polar surface area (TPSA) is 36.9 Å². The predicted molar refractivity (Wildman–Crippen MR) is 130 cm³/mol. The molecule has 29 heavy (non-hydrogen) atoms. The second kappa shape index (κ2) is 19.0. The SMILES string of the molecule is CCCCCCCCCCCCCCCCCC[Si](C)(C)O[Si](OC)(OC)OC. The van der Waals surface area contributed by atoms with Crippen LogP contribution < -0.4 is 0 Å². The van der Waals surface area contributed by atoms with Crippen molar-refractivity contribution >= 4 is 17.4 Å². The third-order valence-electron chi connectivity index (χ3n) is 5.78. The lowest BCUT2D eigenvalue weighted by atomic mass is 10.0. The molecule has 0 aromatic heterocycles. The van der Waals surface area contributed by atoms with Crippen molar-refractivity contribution in [1.29, 1.82) is 0 Å². The Balaban J connectivity index is 3.48. The van der Waals surface area contributed by atoms with Crippen LogP contribution in [0.25, 0.3) is 0 Å². The monoisotopic (exact) mass is 448 g/mol. The zero-order valence-electron chi connectivity index (χ0n) is 20.7. The highest BCUT2D eigenvalue weighted by molar-refractivity contribution is 6.78. The second-order valence-corrected chi connectivity index (χ2v) is 16.1. The van der Waals surface area contributed by atoms with Crippen molar-refractivity contribution in [2.45, 2.75) is 129 Å². The molecule has 0 amide bonds. The smallest absolute Gasteiger partial charge is 0.394 e. The summed E-state index contributed by atoms with van der Waals surface area (Å²) >= 11 is 0. The predicted octanol–water partition coefficient (Wildman–Crippen LogP) is 7.84. The van der Waals surface area contributed by atoms with Gasteiger partial charge in [-0.15, -0.1) is 0 Å². The van der Waals surface area contributed by atoms with E-state index in [-0.39, 0.29) is 0 Å². The van der Waals surface area contributed by atoms with E-state index in [1.54, 1.807) is 21.3 Å². The molecule has 0 aromatic rings. The summed E-state index contributed by atoms with van der Waals surface area (Å²) in [4.78, 5) is 0. The van der Waals surface area contributed by atoms with E-state index in [2.05, 4.69) is 20.0 Å². The van der Waals surface area contributed by atoms with Crippen molar-refractivity contribution in [3.63, 3.8) is 0 Å². The minimum Gasteiger partial charge on any atom is -0.394 e. The van der Waals surface area contributed by atoms with Gasteiger partial charge in [-0.2, -0.15) is 0 Å². The van der Waals surface area contributed by atoms with Crippen molar-refractivity contribution in [1.82, 2.24) is 0 Å². The van der Waals surface area contributed by atoms with E-state index in [4.69, 9.17) is 17.4 Å². The molecule has 0 radical (unpaired) electrons. The number of rotatable bonds is 22. The number of hydrogen-bond acceptors (Lipinski definition) is 4. The van der Waals surface area contributed by atoms with Gasteiger partial charge >= 0.3 is 9.05 Å². The first-order valence-corrected chi connectivity index (χ1v) is 17.1. The fourth-order valence-corrected chi connectivity index (χ4v) is 9.58. The molecule has 4 nitrogen and oxygen atoms in total. The summed E-state index contributed by atoms with van der Waals surface area (Å²) in [5, 5.41) is 0. The summed E-state index contributed by atoms with van der Waals surface area (Å²) in [6, 6.07) is 1.14. The highest BCUT2D eigenvalue weighted by Crippen LogP contribution is 2.23. The van der Waals surface area contributed by atoms with Gasteiger partial charge in [0.2, 0.25) is 0 Å². The van der Waals surface area contributed by atoms with Crippen molar-refractivity contribution in [3.05, 3.63) is 0 Å². The maximum absolute atomic E-state index is 6.21. The van der Waals surface area contributed by atoms with Crippen LogP contribution in [0, 0.1) is 0 Å². The van der Waals surface area contributed by atoms with Gasteiger partial charge in [-0.3, -0.25) is 0 Å². The van der Waals surface area contributed by atoms with Gasteiger partial charge in [0.25, 0.3) is 0 Å². The third-order valence-corrected chi connectivity index (χ3v) is 12.1. The maximum atomic E-state index is 6.21. The second-order valence-electron chi connectivity index (χ2n) is 9.03. The molecule has 0 aliphatic rings. The van der Waals surface area contributed by atoms with E-state index in [1.165, 1.54) is 103 Å². The molecule has 0 unspecified atom stereocenters.